The maximum absolute atomic E-state index is 13.4. The zero-order chi connectivity index (χ0) is 26.2. The molecule has 2 atom stereocenters. The van der Waals surface area contributed by atoms with Crippen molar-refractivity contribution in [1.29, 1.82) is 0 Å². The Bertz CT molecular complexity index is 1120. The highest BCUT2D eigenvalue weighted by Gasteiger charge is 2.32. The molecule has 4 rings (SSSR count). The van der Waals surface area contributed by atoms with Crippen LogP contribution in [-0.2, 0) is 25.5 Å². The molecule has 10 heteroatoms. The van der Waals surface area contributed by atoms with Crippen LogP contribution in [0.15, 0.2) is 54.6 Å². The van der Waals surface area contributed by atoms with Crippen molar-refractivity contribution in [1.82, 2.24) is 20.4 Å². The highest BCUT2D eigenvalue weighted by atomic mass is 16.5. The van der Waals surface area contributed by atoms with Crippen LogP contribution in [0.5, 0.6) is 5.75 Å². The number of nitrogens with one attached hydrogen (secondary N) is 2. The van der Waals surface area contributed by atoms with E-state index < -0.39 is 23.9 Å². The second kappa shape index (κ2) is 12.4. The van der Waals surface area contributed by atoms with Crippen LogP contribution in [0.25, 0.3) is 0 Å². The van der Waals surface area contributed by atoms with Crippen LogP contribution in [0.2, 0.25) is 0 Å². The molecule has 2 aromatic rings. The molecule has 196 valence electrons. The Morgan fingerprint density at radius 1 is 0.919 bits per heavy atom. The molecule has 1 saturated heterocycles. The van der Waals surface area contributed by atoms with E-state index in [9.17, 15) is 19.2 Å². The van der Waals surface area contributed by atoms with Crippen LogP contribution >= 0.6 is 0 Å². The molecule has 4 amide bonds. The summed E-state index contributed by atoms with van der Waals surface area (Å²) in [6.45, 7) is 1.91. The van der Waals surface area contributed by atoms with E-state index in [1.165, 1.54) is 4.90 Å². The molecule has 2 N–H and O–H groups in total. The zero-order valence-corrected chi connectivity index (χ0v) is 20.9. The first-order valence-corrected chi connectivity index (χ1v) is 12.4. The van der Waals surface area contributed by atoms with Gasteiger partial charge >= 0.3 is 0 Å². The van der Waals surface area contributed by atoms with Crippen LogP contribution in [0.4, 0.5) is 0 Å². The van der Waals surface area contributed by atoms with Gasteiger partial charge < -0.3 is 29.9 Å². The Balaban J connectivity index is 1.62. The molecular weight excluding hydrogens is 476 g/mol. The zero-order valence-electron chi connectivity index (χ0n) is 20.9. The SMILES string of the molecule is CN1CCOc2ccccc2C(=O)N[C@H](C(=O)N2CCOCC2)CC(=O)N[C@H](Cc2ccccc2)C1=O. The molecule has 10 nitrogen and oxygen atoms in total. The number of nitrogens with zero attached hydrogens (tertiary/aromatic N) is 2. The van der Waals surface area contributed by atoms with Crippen molar-refractivity contribution in [3.63, 3.8) is 0 Å². The summed E-state index contributed by atoms with van der Waals surface area (Å²) < 4.78 is 11.2. The van der Waals surface area contributed by atoms with Gasteiger partial charge in [-0.15, -0.1) is 0 Å². The maximum Gasteiger partial charge on any atom is 0.255 e. The van der Waals surface area contributed by atoms with Crippen LogP contribution in [0.3, 0.4) is 0 Å². The number of para-hydroxylation sites is 1. The fraction of sp³-hybridized carbons (Fsp3) is 0.407. The molecule has 0 bridgehead atoms. The number of likely N-dealkylation sites (N-methyl/N-ethyl adjacent to an activating group) is 1. The number of hydrogen-bond acceptors (Lipinski definition) is 6. The summed E-state index contributed by atoms with van der Waals surface area (Å²) in [5, 5.41) is 5.54. The molecule has 2 aliphatic heterocycles. The average Bonchev–Trinajstić information content (AvgIpc) is 2.92. The predicted octanol–water partition coefficient (Wildman–Crippen LogP) is 0.612. The van der Waals surface area contributed by atoms with Gasteiger partial charge in [0.15, 0.2) is 0 Å². The Hall–Kier alpha value is -3.92. The molecule has 37 heavy (non-hydrogen) atoms. The lowest BCUT2D eigenvalue weighted by Crippen LogP contribution is -2.55. The first-order valence-electron chi connectivity index (χ1n) is 12.4. The third kappa shape index (κ3) is 6.85. The third-order valence-electron chi connectivity index (χ3n) is 6.42. The molecule has 0 spiro atoms. The van der Waals surface area contributed by atoms with Crippen molar-refractivity contribution < 1.29 is 28.7 Å². The van der Waals surface area contributed by atoms with Crippen molar-refractivity contribution in [2.24, 2.45) is 0 Å². The molecule has 0 radical (unpaired) electrons. The van der Waals surface area contributed by atoms with E-state index in [0.717, 1.165) is 5.56 Å². The Morgan fingerprint density at radius 2 is 1.62 bits per heavy atom. The number of rotatable bonds is 3. The fourth-order valence-electron chi connectivity index (χ4n) is 4.38. The number of carbonyl (C=O) groups is 4. The standard InChI is InChI=1S/C27H32N4O6/c1-30-11-16-37-23-10-6-5-9-20(23)25(33)29-22(27(35)31-12-14-36-15-13-31)18-24(32)28-21(26(30)34)17-19-7-3-2-4-8-19/h2-10,21-22H,11-18H2,1H3,(H,28,32)(H,29,33)/t21-,22+/m1/s1. The quantitative estimate of drug-likeness (QED) is 0.628. The van der Waals surface area contributed by atoms with Crippen molar-refractivity contribution >= 4 is 23.6 Å². The summed E-state index contributed by atoms with van der Waals surface area (Å²) in [5.41, 5.74) is 1.13. The van der Waals surface area contributed by atoms with Crippen LogP contribution < -0.4 is 15.4 Å². The van der Waals surface area contributed by atoms with E-state index in [2.05, 4.69) is 10.6 Å². The number of hydrogen-bond donors (Lipinski definition) is 2. The van der Waals surface area contributed by atoms with E-state index in [1.54, 1.807) is 36.2 Å². The molecule has 0 aliphatic carbocycles. The predicted molar refractivity (Wildman–Crippen MR) is 135 cm³/mol. The van der Waals surface area contributed by atoms with E-state index >= 15 is 0 Å². The molecule has 0 aromatic heterocycles. The van der Waals surface area contributed by atoms with Crippen molar-refractivity contribution in [3.05, 3.63) is 65.7 Å². The summed E-state index contributed by atoms with van der Waals surface area (Å²) in [5.74, 6) is -1.33. The van der Waals surface area contributed by atoms with Gasteiger partial charge in [-0.2, -0.15) is 0 Å². The van der Waals surface area contributed by atoms with Gasteiger partial charge in [0.1, 0.15) is 24.4 Å². The van der Waals surface area contributed by atoms with Gasteiger partial charge in [-0.1, -0.05) is 42.5 Å². The first-order chi connectivity index (χ1) is 17.9. The minimum Gasteiger partial charge on any atom is -0.491 e. The highest BCUT2D eigenvalue weighted by Crippen LogP contribution is 2.19. The lowest BCUT2D eigenvalue weighted by molar-refractivity contribution is -0.140. The summed E-state index contributed by atoms with van der Waals surface area (Å²) in [4.78, 5) is 56.2. The molecule has 1 fully saturated rings. The first kappa shape index (κ1) is 26.2. The number of morpholine rings is 1. The average molecular weight is 509 g/mol. The smallest absolute Gasteiger partial charge is 0.255 e. The second-order valence-electron chi connectivity index (χ2n) is 9.08. The molecule has 0 unspecified atom stereocenters. The van der Waals surface area contributed by atoms with Gasteiger partial charge in [-0.25, -0.2) is 0 Å². The van der Waals surface area contributed by atoms with E-state index in [0.29, 0.717) is 32.1 Å². The largest absolute Gasteiger partial charge is 0.491 e. The van der Waals surface area contributed by atoms with Crippen molar-refractivity contribution in [2.45, 2.75) is 24.9 Å². The lowest BCUT2D eigenvalue weighted by Gasteiger charge is -2.31. The molecule has 0 saturated carbocycles. The van der Waals surface area contributed by atoms with E-state index in [1.807, 2.05) is 30.3 Å². The number of fused-ring (bicyclic) bond motifs is 1. The lowest BCUT2D eigenvalue weighted by atomic mass is 10.0. The molecule has 2 aliphatic rings. The summed E-state index contributed by atoms with van der Waals surface area (Å²) in [7, 11) is 1.64. The number of carbonyl (C=O) groups excluding carboxylic acids is 4. The van der Waals surface area contributed by atoms with E-state index in [4.69, 9.17) is 9.47 Å². The van der Waals surface area contributed by atoms with Crippen molar-refractivity contribution in [2.75, 3.05) is 46.5 Å². The Kier molecular flexibility index (Phi) is 8.73. The van der Waals surface area contributed by atoms with Gasteiger partial charge in [0.25, 0.3) is 5.91 Å². The van der Waals surface area contributed by atoms with Gasteiger partial charge in [-0.3, -0.25) is 19.2 Å². The summed E-state index contributed by atoms with van der Waals surface area (Å²) >= 11 is 0. The summed E-state index contributed by atoms with van der Waals surface area (Å²) in [6, 6.07) is 14.1. The van der Waals surface area contributed by atoms with Gasteiger partial charge in [-0.05, 0) is 17.7 Å². The molecule has 2 heterocycles. The summed E-state index contributed by atoms with van der Waals surface area (Å²) in [6.07, 6.45) is -0.0267. The topological polar surface area (TPSA) is 117 Å². The highest BCUT2D eigenvalue weighted by molar-refractivity contribution is 6.01. The minimum atomic E-state index is -1.12. The Morgan fingerprint density at radius 3 is 2.38 bits per heavy atom. The Labute approximate surface area is 215 Å². The van der Waals surface area contributed by atoms with Crippen LogP contribution in [-0.4, -0.2) is 92.0 Å². The molecule has 2 aromatic carbocycles. The fourth-order valence-corrected chi connectivity index (χ4v) is 4.38. The van der Waals surface area contributed by atoms with Gasteiger partial charge in [0.05, 0.1) is 31.7 Å². The number of amides is 4. The maximum atomic E-state index is 13.4. The molecular formula is C27H32N4O6. The normalized spacial score (nSPS) is 21.7. The minimum absolute atomic E-state index is 0.147. The van der Waals surface area contributed by atoms with Gasteiger partial charge in [0.2, 0.25) is 17.7 Å². The number of ether oxygens (including phenoxy) is 2. The number of benzene rings is 2. The van der Waals surface area contributed by atoms with Gasteiger partial charge in [0, 0.05) is 26.6 Å². The second-order valence-corrected chi connectivity index (χ2v) is 9.08. The van der Waals surface area contributed by atoms with Crippen LogP contribution in [0.1, 0.15) is 22.3 Å². The van der Waals surface area contributed by atoms with Crippen molar-refractivity contribution in [3.8, 4) is 5.75 Å². The third-order valence-corrected chi connectivity index (χ3v) is 6.42. The van der Waals surface area contributed by atoms with E-state index in [-0.39, 0.29) is 43.4 Å². The van der Waals surface area contributed by atoms with Crippen LogP contribution in [0, 0.1) is 0 Å². The monoisotopic (exact) mass is 508 g/mol.